The summed E-state index contributed by atoms with van der Waals surface area (Å²) < 4.78 is 26.0. The molecule has 216 valence electrons. The lowest BCUT2D eigenvalue weighted by molar-refractivity contribution is -0.0941. The number of benzene rings is 2. The van der Waals surface area contributed by atoms with Gasteiger partial charge in [0.05, 0.1) is 19.3 Å². The van der Waals surface area contributed by atoms with Crippen LogP contribution in [0.3, 0.4) is 0 Å². The van der Waals surface area contributed by atoms with Crippen molar-refractivity contribution in [3.05, 3.63) is 93.3 Å². The van der Waals surface area contributed by atoms with Gasteiger partial charge in [-0.05, 0) is 29.3 Å². The van der Waals surface area contributed by atoms with Gasteiger partial charge in [-0.15, -0.1) is 0 Å². The van der Waals surface area contributed by atoms with E-state index in [4.69, 9.17) is 18.6 Å². The van der Waals surface area contributed by atoms with Crippen molar-refractivity contribution in [2.75, 3.05) is 20.3 Å². The molecule has 1 aromatic heterocycles. The van der Waals surface area contributed by atoms with Gasteiger partial charge in [0.25, 0.3) is 13.9 Å². The highest BCUT2D eigenvalue weighted by molar-refractivity contribution is 6.99. The third-order valence-electron chi connectivity index (χ3n) is 7.54. The summed E-state index contributed by atoms with van der Waals surface area (Å²) in [6, 6.07) is 20.4. The number of aryl methyl sites for hydroxylation is 1. The normalized spacial score (nSPS) is 22.4. The van der Waals surface area contributed by atoms with E-state index < -0.39 is 44.1 Å². The quantitative estimate of drug-likeness (QED) is 0.360. The lowest BCUT2D eigenvalue weighted by Crippen LogP contribution is -2.67. The molecule has 0 amide bonds. The Balaban J connectivity index is 1.71. The molecule has 2 heterocycles. The van der Waals surface area contributed by atoms with Gasteiger partial charge < -0.3 is 23.7 Å². The Kier molecular flexibility index (Phi) is 9.28. The molecule has 40 heavy (non-hydrogen) atoms. The van der Waals surface area contributed by atoms with Crippen LogP contribution in [0.15, 0.2) is 76.4 Å². The van der Waals surface area contributed by atoms with Crippen LogP contribution in [-0.2, 0) is 18.6 Å². The van der Waals surface area contributed by atoms with Crippen molar-refractivity contribution in [3.8, 4) is 0 Å². The third-order valence-corrected chi connectivity index (χ3v) is 12.5. The van der Waals surface area contributed by atoms with E-state index >= 15 is 0 Å². The van der Waals surface area contributed by atoms with Crippen LogP contribution in [-0.4, -0.2) is 67.7 Å². The Morgan fingerprint density at radius 2 is 1.62 bits per heavy atom. The number of aliphatic hydroxyl groups is 1. The first kappa shape index (κ1) is 30.1. The Morgan fingerprint density at radius 1 is 1.05 bits per heavy atom. The summed E-state index contributed by atoms with van der Waals surface area (Å²) in [5.74, 6) is 0. The fourth-order valence-corrected chi connectivity index (χ4v) is 9.89. The summed E-state index contributed by atoms with van der Waals surface area (Å²) in [6.45, 7) is 10.2. The van der Waals surface area contributed by atoms with Gasteiger partial charge in [0.1, 0.15) is 18.3 Å². The maximum Gasteiger partial charge on any atom is 0.330 e. The van der Waals surface area contributed by atoms with Crippen molar-refractivity contribution in [2.45, 2.75) is 70.3 Å². The number of ether oxygens (including phenoxy) is 3. The zero-order chi connectivity index (χ0) is 29.1. The summed E-state index contributed by atoms with van der Waals surface area (Å²) in [7, 11) is -1.33. The van der Waals surface area contributed by atoms with Crippen molar-refractivity contribution in [2.24, 2.45) is 0 Å². The highest BCUT2D eigenvalue weighted by Gasteiger charge is 2.52. The van der Waals surface area contributed by atoms with E-state index in [1.54, 1.807) is 14.0 Å². The van der Waals surface area contributed by atoms with Gasteiger partial charge in [-0.3, -0.25) is 14.3 Å². The molecule has 1 saturated heterocycles. The first-order valence-corrected chi connectivity index (χ1v) is 15.5. The molecular weight excluding hydrogens is 528 g/mol. The molecule has 10 heteroatoms. The fraction of sp³-hybridized carbons (Fsp3) is 0.467. The van der Waals surface area contributed by atoms with E-state index in [1.165, 1.54) is 10.8 Å². The second kappa shape index (κ2) is 12.3. The third kappa shape index (κ3) is 5.92. The van der Waals surface area contributed by atoms with Crippen molar-refractivity contribution >= 4 is 18.7 Å². The second-order valence-corrected chi connectivity index (χ2v) is 15.7. The van der Waals surface area contributed by atoms with Crippen LogP contribution in [0.5, 0.6) is 0 Å². The number of aromatic nitrogens is 2. The molecule has 2 unspecified atom stereocenters. The molecule has 0 saturated carbocycles. The minimum absolute atomic E-state index is 0.0712. The number of rotatable bonds is 10. The van der Waals surface area contributed by atoms with E-state index in [9.17, 15) is 14.7 Å². The Labute approximate surface area is 235 Å². The van der Waals surface area contributed by atoms with E-state index in [1.807, 2.05) is 43.3 Å². The van der Waals surface area contributed by atoms with E-state index in [-0.39, 0.29) is 24.4 Å². The Morgan fingerprint density at radius 3 is 2.15 bits per heavy atom. The van der Waals surface area contributed by atoms with Crippen LogP contribution in [0.1, 0.15) is 39.5 Å². The van der Waals surface area contributed by atoms with Crippen molar-refractivity contribution in [1.29, 1.82) is 0 Å². The second-order valence-electron chi connectivity index (χ2n) is 11.4. The lowest BCUT2D eigenvalue weighted by atomic mass is 10.1. The molecule has 5 atom stereocenters. The minimum atomic E-state index is -2.91. The fourth-order valence-electron chi connectivity index (χ4n) is 5.32. The molecule has 1 aliphatic rings. The first-order valence-electron chi connectivity index (χ1n) is 13.5. The summed E-state index contributed by atoms with van der Waals surface area (Å²) >= 11 is 0. The van der Waals surface area contributed by atoms with Gasteiger partial charge in [-0.1, -0.05) is 81.4 Å². The monoisotopic (exact) mass is 568 g/mol. The SMILES string of the molecule is CO[C@@H](C)COC1C(O)[C@@H](CO[Si](c2ccccc2)(c2ccccc2)C(C)(C)C)O[C@H]1n1cc(C)c(=O)[nH]c1=O. The Bertz CT molecular complexity index is 1330. The van der Waals surface area contributed by atoms with Gasteiger partial charge in [0.2, 0.25) is 0 Å². The van der Waals surface area contributed by atoms with Crippen molar-refractivity contribution < 1.29 is 23.7 Å². The van der Waals surface area contributed by atoms with Crippen LogP contribution < -0.4 is 21.6 Å². The number of H-pyrrole nitrogens is 1. The highest BCUT2D eigenvalue weighted by Crippen LogP contribution is 2.38. The molecule has 2 N–H and O–H groups in total. The number of methoxy groups -OCH3 is 1. The Hall–Kier alpha value is -2.86. The maximum atomic E-state index is 12.8. The summed E-state index contributed by atoms with van der Waals surface area (Å²) in [6.07, 6.45) is -2.59. The number of hydrogen-bond acceptors (Lipinski definition) is 7. The van der Waals surface area contributed by atoms with Crippen molar-refractivity contribution in [1.82, 2.24) is 9.55 Å². The van der Waals surface area contributed by atoms with E-state index in [2.05, 4.69) is 50.0 Å². The molecule has 0 radical (unpaired) electrons. The van der Waals surface area contributed by atoms with Gasteiger partial charge in [-0.25, -0.2) is 4.79 Å². The molecule has 2 aromatic carbocycles. The highest BCUT2D eigenvalue weighted by atomic mass is 28.4. The predicted octanol–water partition coefficient (Wildman–Crippen LogP) is 2.10. The summed E-state index contributed by atoms with van der Waals surface area (Å²) in [5, 5.41) is 13.4. The smallest absolute Gasteiger partial charge is 0.330 e. The summed E-state index contributed by atoms with van der Waals surface area (Å²) in [4.78, 5) is 27.1. The molecule has 1 fully saturated rings. The largest absolute Gasteiger partial charge is 0.405 e. The molecule has 9 nitrogen and oxygen atoms in total. The topological polar surface area (TPSA) is 112 Å². The van der Waals surface area contributed by atoms with E-state index in [0.717, 1.165) is 10.4 Å². The minimum Gasteiger partial charge on any atom is -0.405 e. The number of aromatic amines is 1. The summed E-state index contributed by atoms with van der Waals surface area (Å²) in [5.41, 5.74) is -0.778. The van der Waals surface area contributed by atoms with Crippen molar-refractivity contribution in [3.63, 3.8) is 0 Å². The molecule has 3 aromatic rings. The zero-order valence-electron chi connectivity index (χ0n) is 24.0. The average molecular weight is 569 g/mol. The lowest BCUT2D eigenvalue weighted by Gasteiger charge is -2.43. The molecule has 0 bridgehead atoms. The standard InChI is InChI=1S/C30H40N2O7Si/c1-20-17-32(29(35)31-27(20)34)28-26(37-18-21(2)36-6)25(33)24(39-28)19-38-40(30(3,4)5,22-13-9-7-10-14-22)23-15-11-8-12-16-23/h7-17,21,24-26,28,33H,18-19H2,1-6H3,(H,31,34,35)/t21-,24+,25?,26?,28+/m0/s1. The van der Waals surface area contributed by atoms with Crippen LogP contribution in [0.4, 0.5) is 0 Å². The number of hydrogen-bond donors (Lipinski definition) is 2. The van der Waals surface area contributed by atoms with E-state index in [0.29, 0.717) is 5.56 Å². The van der Waals surface area contributed by atoms with Crippen LogP contribution >= 0.6 is 0 Å². The van der Waals surface area contributed by atoms with Crippen LogP contribution in [0, 0.1) is 6.92 Å². The van der Waals surface area contributed by atoms with Crippen LogP contribution in [0.25, 0.3) is 0 Å². The number of aliphatic hydroxyl groups excluding tert-OH is 1. The average Bonchev–Trinajstić information content (AvgIpc) is 3.24. The first-order chi connectivity index (χ1) is 19.0. The molecule has 4 rings (SSSR count). The maximum absolute atomic E-state index is 12.8. The molecule has 0 aliphatic carbocycles. The number of nitrogens with zero attached hydrogens (tertiary/aromatic N) is 1. The van der Waals surface area contributed by atoms with Crippen LogP contribution in [0.2, 0.25) is 5.04 Å². The predicted molar refractivity (Wildman–Crippen MR) is 156 cm³/mol. The zero-order valence-corrected chi connectivity index (χ0v) is 25.0. The van der Waals surface area contributed by atoms with Gasteiger partial charge in [0.15, 0.2) is 6.23 Å². The molecule has 0 spiro atoms. The molecular formula is C30H40N2O7Si. The number of nitrogens with one attached hydrogen (secondary N) is 1. The van der Waals surface area contributed by atoms with Gasteiger partial charge in [0, 0.05) is 18.9 Å². The molecule has 1 aliphatic heterocycles. The van der Waals surface area contributed by atoms with Gasteiger partial charge in [-0.2, -0.15) is 0 Å². The van der Waals surface area contributed by atoms with Gasteiger partial charge >= 0.3 is 5.69 Å².